The minimum Gasteiger partial charge on any atom is -0.496 e. The summed E-state index contributed by atoms with van der Waals surface area (Å²) in [6.45, 7) is 9.28. The normalized spacial score (nSPS) is 11.7. The Kier molecular flexibility index (Phi) is 8.27. The van der Waals surface area contributed by atoms with Crippen LogP contribution in [0.3, 0.4) is 0 Å². The van der Waals surface area contributed by atoms with E-state index in [0.717, 1.165) is 35.8 Å². The smallest absolute Gasteiger partial charge is 0.251 e. The number of aryl methyl sites for hydroxylation is 1. The third kappa shape index (κ3) is 7.43. The van der Waals surface area contributed by atoms with Gasteiger partial charge in [-0.25, -0.2) is 0 Å². The number of ether oxygens (including phenoxy) is 1. The summed E-state index contributed by atoms with van der Waals surface area (Å²) in [6, 6.07) is 13.9. The van der Waals surface area contributed by atoms with Gasteiger partial charge >= 0.3 is 0 Å². The van der Waals surface area contributed by atoms with Crippen LogP contribution in [0.5, 0.6) is 5.75 Å². The molecule has 30 heavy (non-hydrogen) atoms. The lowest BCUT2D eigenvalue weighted by molar-refractivity contribution is 0.0919. The molecule has 0 heterocycles. The molecule has 162 valence electrons. The van der Waals surface area contributed by atoms with Gasteiger partial charge in [-0.3, -0.25) is 9.79 Å². The monoisotopic (exact) mass is 410 g/mol. The van der Waals surface area contributed by atoms with Crippen molar-refractivity contribution in [3.8, 4) is 5.75 Å². The van der Waals surface area contributed by atoms with Crippen molar-refractivity contribution < 1.29 is 9.53 Å². The summed E-state index contributed by atoms with van der Waals surface area (Å²) in [5.41, 5.74) is 3.74. The minimum absolute atomic E-state index is 0.0691. The van der Waals surface area contributed by atoms with E-state index in [-0.39, 0.29) is 11.4 Å². The highest BCUT2D eigenvalue weighted by molar-refractivity contribution is 5.94. The zero-order chi connectivity index (χ0) is 22.1. The number of methoxy groups -OCH3 is 1. The van der Waals surface area contributed by atoms with Crippen molar-refractivity contribution in [2.75, 3.05) is 20.7 Å². The zero-order valence-electron chi connectivity index (χ0n) is 18.9. The Morgan fingerprint density at radius 2 is 1.83 bits per heavy atom. The minimum atomic E-state index is -0.265. The fourth-order valence-corrected chi connectivity index (χ4v) is 2.99. The van der Waals surface area contributed by atoms with Crippen molar-refractivity contribution in [2.45, 2.75) is 46.2 Å². The lowest BCUT2D eigenvalue weighted by atomic mass is 10.1. The van der Waals surface area contributed by atoms with Crippen LogP contribution in [0.15, 0.2) is 47.5 Å². The fourth-order valence-electron chi connectivity index (χ4n) is 2.99. The Labute approximate surface area is 180 Å². The van der Waals surface area contributed by atoms with E-state index >= 15 is 0 Å². The van der Waals surface area contributed by atoms with Gasteiger partial charge in [0.2, 0.25) is 0 Å². The highest BCUT2D eigenvalue weighted by Gasteiger charge is 2.15. The van der Waals surface area contributed by atoms with E-state index in [2.05, 4.69) is 39.1 Å². The van der Waals surface area contributed by atoms with E-state index < -0.39 is 0 Å². The summed E-state index contributed by atoms with van der Waals surface area (Å²) >= 11 is 0. The third-order valence-electron chi connectivity index (χ3n) is 4.54. The molecule has 2 rings (SSSR count). The second-order valence-corrected chi connectivity index (χ2v) is 8.31. The number of carbonyl (C=O) groups excluding carboxylic acids is 1. The molecule has 3 N–H and O–H groups in total. The summed E-state index contributed by atoms with van der Waals surface area (Å²) in [7, 11) is 3.44. The third-order valence-corrected chi connectivity index (χ3v) is 4.54. The lowest BCUT2D eigenvalue weighted by Gasteiger charge is -2.20. The molecule has 0 atom stereocenters. The van der Waals surface area contributed by atoms with Gasteiger partial charge in [0.25, 0.3) is 5.91 Å². The number of carbonyl (C=O) groups is 1. The van der Waals surface area contributed by atoms with Crippen molar-refractivity contribution in [1.29, 1.82) is 0 Å². The predicted octanol–water partition coefficient (Wildman–Crippen LogP) is 3.44. The topological polar surface area (TPSA) is 74.8 Å². The first-order valence-corrected chi connectivity index (χ1v) is 10.2. The molecule has 0 aliphatic rings. The summed E-state index contributed by atoms with van der Waals surface area (Å²) in [5.74, 6) is 1.56. The van der Waals surface area contributed by atoms with Gasteiger partial charge in [-0.05, 0) is 69.0 Å². The number of rotatable bonds is 7. The van der Waals surface area contributed by atoms with Crippen LogP contribution < -0.4 is 20.7 Å². The molecule has 2 aromatic rings. The SMILES string of the molecule is CN=C(NCCc1ccc(C)c(OC)c1)NCc1cccc(C(=O)NC(C)(C)C)c1. The maximum absolute atomic E-state index is 12.4. The number of benzene rings is 2. The number of nitrogens with zero attached hydrogens (tertiary/aromatic N) is 1. The molecule has 0 fully saturated rings. The standard InChI is InChI=1S/C24H34N4O2/c1-17-10-11-18(15-21(17)30-6)12-13-26-23(25-5)27-16-19-8-7-9-20(14-19)22(29)28-24(2,3)4/h7-11,14-15H,12-13,16H2,1-6H3,(H,28,29)(H2,25,26,27). The van der Waals surface area contributed by atoms with Crippen LogP contribution in [0.2, 0.25) is 0 Å². The first-order valence-electron chi connectivity index (χ1n) is 10.2. The van der Waals surface area contributed by atoms with E-state index in [9.17, 15) is 4.79 Å². The predicted molar refractivity (Wildman–Crippen MR) is 123 cm³/mol. The number of nitrogens with one attached hydrogen (secondary N) is 3. The second-order valence-electron chi connectivity index (χ2n) is 8.31. The number of hydrogen-bond acceptors (Lipinski definition) is 3. The summed E-state index contributed by atoms with van der Waals surface area (Å²) in [6.07, 6.45) is 0.861. The molecule has 1 amide bonds. The van der Waals surface area contributed by atoms with Crippen LogP contribution in [0.4, 0.5) is 0 Å². The molecule has 0 radical (unpaired) electrons. The first kappa shape index (κ1) is 23.3. The number of amides is 1. The molecule has 0 aliphatic heterocycles. The maximum Gasteiger partial charge on any atom is 0.251 e. The molecule has 0 unspecified atom stereocenters. The van der Waals surface area contributed by atoms with Crippen LogP contribution in [0.1, 0.15) is 47.8 Å². The Morgan fingerprint density at radius 1 is 1.07 bits per heavy atom. The first-order chi connectivity index (χ1) is 14.2. The average Bonchev–Trinajstić information content (AvgIpc) is 2.70. The van der Waals surface area contributed by atoms with Crippen LogP contribution in [0.25, 0.3) is 0 Å². The molecule has 0 saturated carbocycles. The Balaban J connectivity index is 1.87. The largest absolute Gasteiger partial charge is 0.496 e. The van der Waals surface area contributed by atoms with Gasteiger partial charge in [-0.15, -0.1) is 0 Å². The average molecular weight is 411 g/mol. The van der Waals surface area contributed by atoms with E-state index in [1.54, 1.807) is 14.2 Å². The van der Waals surface area contributed by atoms with E-state index in [1.807, 2.05) is 52.0 Å². The molecule has 0 bridgehead atoms. The van der Waals surface area contributed by atoms with Gasteiger partial charge < -0.3 is 20.7 Å². The molecule has 0 aliphatic carbocycles. The zero-order valence-corrected chi connectivity index (χ0v) is 18.9. The van der Waals surface area contributed by atoms with Crippen LogP contribution in [-0.4, -0.2) is 38.1 Å². The molecule has 0 aromatic heterocycles. The van der Waals surface area contributed by atoms with Gasteiger partial charge in [-0.2, -0.15) is 0 Å². The highest BCUT2D eigenvalue weighted by Crippen LogP contribution is 2.19. The number of guanidine groups is 1. The Hall–Kier alpha value is -3.02. The molecule has 0 spiro atoms. The summed E-state index contributed by atoms with van der Waals surface area (Å²) in [4.78, 5) is 16.7. The van der Waals surface area contributed by atoms with Crippen molar-refractivity contribution in [3.63, 3.8) is 0 Å². The lowest BCUT2D eigenvalue weighted by Crippen LogP contribution is -2.40. The van der Waals surface area contributed by atoms with E-state index in [4.69, 9.17) is 4.74 Å². The quantitative estimate of drug-likeness (QED) is 0.483. The fraction of sp³-hybridized carbons (Fsp3) is 0.417. The van der Waals surface area contributed by atoms with Gasteiger partial charge in [0.1, 0.15) is 5.75 Å². The van der Waals surface area contributed by atoms with Crippen molar-refractivity contribution in [1.82, 2.24) is 16.0 Å². The second kappa shape index (κ2) is 10.7. The van der Waals surface area contributed by atoms with E-state index in [1.165, 1.54) is 5.56 Å². The molecule has 6 nitrogen and oxygen atoms in total. The number of aliphatic imine (C=N–C) groups is 1. The van der Waals surface area contributed by atoms with Crippen molar-refractivity contribution >= 4 is 11.9 Å². The van der Waals surface area contributed by atoms with Crippen LogP contribution in [0, 0.1) is 6.92 Å². The van der Waals surface area contributed by atoms with Gasteiger partial charge in [0, 0.05) is 31.2 Å². The van der Waals surface area contributed by atoms with Crippen LogP contribution in [-0.2, 0) is 13.0 Å². The van der Waals surface area contributed by atoms with E-state index in [0.29, 0.717) is 12.1 Å². The molecule has 2 aromatic carbocycles. The Morgan fingerprint density at radius 3 is 2.50 bits per heavy atom. The highest BCUT2D eigenvalue weighted by atomic mass is 16.5. The van der Waals surface area contributed by atoms with Crippen molar-refractivity contribution in [2.24, 2.45) is 4.99 Å². The van der Waals surface area contributed by atoms with Gasteiger partial charge in [0.05, 0.1) is 7.11 Å². The van der Waals surface area contributed by atoms with Crippen molar-refractivity contribution in [3.05, 3.63) is 64.7 Å². The molecular formula is C24H34N4O2. The summed E-state index contributed by atoms with van der Waals surface area (Å²) < 4.78 is 5.39. The number of hydrogen-bond donors (Lipinski definition) is 3. The van der Waals surface area contributed by atoms with Gasteiger partial charge in [-0.1, -0.05) is 24.3 Å². The molecular weight excluding hydrogens is 376 g/mol. The molecule has 6 heteroatoms. The molecule has 0 saturated heterocycles. The van der Waals surface area contributed by atoms with Gasteiger partial charge in [0.15, 0.2) is 5.96 Å². The maximum atomic E-state index is 12.4. The summed E-state index contributed by atoms with van der Waals surface area (Å²) in [5, 5.41) is 9.62. The van der Waals surface area contributed by atoms with Crippen LogP contribution >= 0.6 is 0 Å². The Bertz CT molecular complexity index is 885.